The molecule has 8 heteroatoms. The lowest BCUT2D eigenvalue weighted by Gasteiger charge is -2.31. The van der Waals surface area contributed by atoms with E-state index < -0.39 is 10.0 Å². The van der Waals surface area contributed by atoms with Crippen molar-refractivity contribution < 1.29 is 18.0 Å². The number of nitrogens with one attached hydrogen (secondary N) is 1. The Hall–Kier alpha value is -1.93. The van der Waals surface area contributed by atoms with Crippen LogP contribution in [0, 0.1) is 5.92 Å². The van der Waals surface area contributed by atoms with Gasteiger partial charge >= 0.3 is 0 Å². The third-order valence-corrected chi connectivity index (χ3v) is 6.41. The highest BCUT2D eigenvalue weighted by Gasteiger charge is 2.28. The first-order valence-corrected chi connectivity index (χ1v) is 10.3. The molecule has 26 heavy (non-hydrogen) atoms. The van der Waals surface area contributed by atoms with Crippen molar-refractivity contribution in [1.29, 1.82) is 0 Å². The molecule has 2 amide bonds. The zero-order chi connectivity index (χ0) is 19.3. The Kier molecular flexibility index (Phi) is 6.77. The van der Waals surface area contributed by atoms with Gasteiger partial charge in [-0.1, -0.05) is 6.92 Å². The van der Waals surface area contributed by atoms with Crippen LogP contribution in [0.25, 0.3) is 0 Å². The molecule has 0 aromatic heterocycles. The molecule has 0 atom stereocenters. The van der Waals surface area contributed by atoms with E-state index >= 15 is 0 Å². The minimum atomic E-state index is -3.50. The van der Waals surface area contributed by atoms with Crippen molar-refractivity contribution >= 4 is 21.8 Å². The summed E-state index contributed by atoms with van der Waals surface area (Å²) in [6.07, 6.45) is 2.20. The van der Waals surface area contributed by atoms with Crippen LogP contribution in [0.3, 0.4) is 0 Å². The van der Waals surface area contributed by atoms with Crippen molar-refractivity contribution in [3.8, 4) is 0 Å². The Morgan fingerprint density at radius 2 is 1.73 bits per heavy atom. The molecule has 7 nitrogen and oxygen atoms in total. The Labute approximate surface area is 155 Å². The molecule has 1 fully saturated rings. The molecule has 0 aliphatic carbocycles. The van der Waals surface area contributed by atoms with E-state index in [1.807, 2.05) is 6.92 Å². The third-order valence-electron chi connectivity index (χ3n) is 4.58. The van der Waals surface area contributed by atoms with Crippen molar-refractivity contribution in [1.82, 2.24) is 14.5 Å². The van der Waals surface area contributed by atoms with Crippen molar-refractivity contribution in [2.75, 3.05) is 33.7 Å². The molecule has 1 heterocycles. The highest BCUT2D eigenvalue weighted by atomic mass is 32.2. The second-order valence-electron chi connectivity index (χ2n) is 6.67. The van der Waals surface area contributed by atoms with Crippen molar-refractivity contribution in [2.24, 2.45) is 5.92 Å². The number of rotatable bonds is 6. The van der Waals surface area contributed by atoms with Crippen molar-refractivity contribution in [3.63, 3.8) is 0 Å². The van der Waals surface area contributed by atoms with Gasteiger partial charge in [-0.2, -0.15) is 0 Å². The first-order valence-electron chi connectivity index (χ1n) is 8.87. The van der Waals surface area contributed by atoms with Crippen LogP contribution in [-0.2, 0) is 14.8 Å². The molecule has 0 bridgehead atoms. The summed E-state index contributed by atoms with van der Waals surface area (Å²) in [5, 5.41) is 2.90. The standard InChI is InChI=1S/C18H27N3O4S/c1-4-11-19-17(22)14-9-12-21(13-10-14)18(23)15-5-7-16(8-6-15)26(24,25)20(2)3/h5-8,14H,4,9-13H2,1-3H3,(H,19,22). The summed E-state index contributed by atoms with van der Waals surface area (Å²) < 4.78 is 25.3. The smallest absolute Gasteiger partial charge is 0.253 e. The van der Waals surface area contributed by atoms with Gasteiger partial charge in [0.15, 0.2) is 0 Å². The molecule has 0 spiro atoms. The number of benzene rings is 1. The average Bonchev–Trinajstić information content (AvgIpc) is 2.65. The molecule has 2 rings (SSSR count). The van der Waals surface area contributed by atoms with Gasteiger partial charge in [0.2, 0.25) is 15.9 Å². The number of hydrogen-bond donors (Lipinski definition) is 1. The normalized spacial score (nSPS) is 15.9. The maximum Gasteiger partial charge on any atom is 0.253 e. The largest absolute Gasteiger partial charge is 0.356 e. The van der Waals surface area contributed by atoms with Crippen molar-refractivity contribution in [3.05, 3.63) is 29.8 Å². The molecule has 1 aliphatic heterocycles. The van der Waals surface area contributed by atoms with Crippen LogP contribution in [0.15, 0.2) is 29.2 Å². The number of sulfonamides is 1. The second kappa shape index (κ2) is 8.64. The topological polar surface area (TPSA) is 86.8 Å². The van der Waals surface area contributed by atoms with Gasteiger partial charge < -0.3 is 10.2 Å². The van der Waals surface area contributed by atoms with Crippen LogP contribution >= 0.6 is 0 Å². The zero-order valence-electron chi connectivity index (χ0n) is 15.6. The van der Waals surface area contributed by atoms with E-state index in [0.29, 0.717) is 38.0 Å². The average molecular weight is 381 g/mol. The lowest BCUT2D eigenvalue weighted by molar-refractivity contribution is -0.126. The maximum atomic E-state index is 12.6. The highest BCUT2D eigenvalue weighted by molar-refractivity contribution is 7.89. The van der Waals surface area contributed by atoms with Crippen LogP contribution in [0.5, 0.6) is 0 Å². The van der Waals surface area contributed by atoms with Crippen LogP contribution in [0.4, 0.5) is 0 Å². The van der Waals surface area contributed by atoms with Crippen LogP contribution in [0.1, 0.15) is 36.5 Å². The van der Waals surface area contributed by atoms with Gasteiger partial charge in [0.1, 0.15) is 0 Å². The van der Waals surface area contributed by atoms with E-state index in [2.05, 4.69) is 5.32 Å². The monoisotopic (exact) mass is 381 g/mol. The van der Waals surface area contributed by atoms with E-state index in [9.17, 15) is 18.0 Å². The van der Waals surface area contributed by atoms with E-state index in [1.54, 1.807) is 17.0 Å². The Balaban J connectivity index is 1.97. The first-order chi connectivity index (χ1) is 12.3. The quantitative estimate of drug-likeness (QED) is 0.805. The molecular weight excluding hydrogens is 354 g/mol. The second-order valence-corrected chi connectivity index (χ2v) is 8.82. The van der Waals surface area contributed by atoms with Crippen LogP contribution in [0.2, 0.25) is 0 Å². The fourth-order valence-corrected chi connectivity index (χ4v) is 3.80. The predicted molar refractivity (Wildman–Crippen MR) is 99.2 cm³/mol. The van der Waals surface area contributed by atoms with Gasteiger partial charge in [-0.25, -0.2) is 12.7 Å². The summed E-state index contributed by atoms with van der Waals surface area (Å²) in [6.45, 7) is 3.75. The molecule has 144 valence electrons. The number of nitrogens with zero attached hydrogens (tertiary/aromatic N) is 2. The maximum absolute atomic E-state index is 12.6. The fraction of sp³-hybridized carbons (Fsp3) is 0.556. The molecule has 1 aliphatic rings. The first kappa shape index (κ1) is 20.4. The molecule has 1 N–H and O–H groups in total. The number of likely N-dealkylation sites (tertiary alicyclic amines) is 1. The van der Waals surface area contributed by atoms with Gasteiger partial charge in [-0.3, -0.25) is 9.59 Å². The summed E-state index contributed by atoms with van der Waals surface area (Å²) in [5.41, 5.74) is 0.455. The number of carbonyl (C=O) groups is 2. The third kappa shape index (κ3) is 4.62. The number of carbonyl (C=O) groups excluding carboxylic acids is 2. The lowest BCUT2D eigenvalue weighted by Crippen LogP contribution is -2.43. The molecule has 1 aromatic carbocycles. The summed E-state index contributed by atoms with van der Waals surface area (Å²) in [4.78, 5) is 26.5. The summed E-state index contributed by atoms with van der Waals surface area (Å²) in [5.74, 6) is -0.110. The Bertz CT molecular complexity index is 736. The van der Waals surface area contributed by atoms with Gasteiger partial charge in [0.05, 0.1) is 4.90 Å². The molecule has 0 unspecified atom stereocenters. The molecular formula is C18H27N3O4S. The Morgan fingerprint density at radius 1 is 1.15 bits per heavy atom. The van der Waals surface area contributed by atoms with Crippen LogP contribution in [-0.4, -0.2) is 63.2 Å². The zero-order valence-corrected chi connectivity index (χ0v) is 16.4. The minimum Gasteiger partial charge on any atom is -0.356 e. The minimum absolute atomic E-state index is 0.0433. The highest BCUT2D eigenvalue weighted by Crippen LogP contribution is 2.20. The van der Waals surface area contributed by atoms with Gasteiger partial charge in [0.25, 0.3) is 5.91 Å². The lowest BCUT2D eigenvalue weighted by atomic mass is 9.95. The SMILES string of the molecule is CCCNC(=O)C1CCN(C(=O)c2ccc(S(=O)(=O)N(C)C)cc2)CC1. The molecule has 0 saturated carbocycles. The predicted octanol–water partition coefficient (Wildman–Crippen LogP) is 1.32. The molecule has 1 aromatic rings. The molecule has 1 saturated heterocycles. The molecule has 0 radical (unpaired) electrons. The van der Waals surface area contributed by atoms with Gasteiger partial charge in [-0.05, 0) is 43.5 Å². The number of hydrogen-bond acceptors (Lipinski definition) is 4. The number of amides is 2. The summed E-state index contributed by atoms with van der Waals surface area (Å²) in [6, 6.07) is 5.98. The van der Waals surface area contributed by atoms with E-state index in [4.69, 9.17) is 0 Å². The van der Waals surface area contributed by atoms with E-state index in [-0.39, 0.29) is 22.6 Å². The van der Waals surface area contributed by atoms with E-state index in [0.717, 1.165) is 10.7 Å². The Morgan fingerprint density at radius 3 is 2.23 bits per heavy atom. The number of piperidine rings is 1. The van der Waals surface area contributed by atoms with Crippen LogP contribution < -0.4 is 5.32 Å². The van der Waals surface area contributed by atoms with Gasteiger partial charge in [0, 0.05) is 45.2 Å². The van der Waals surface area contributed by atoms with Crippen molar-refractivity contribution in [2.45, 2.75) is 31.1 Å². The van der Waals surface area contributed by atoms with E-state index in [1.165, 1.54) is 26.2 Å². The summed E-state index contributed by atoms with van der Waals surface area (Å²) in [7, 11) is -0.570. The van der Waals surface area contributed by atoms with Gasteiger partial charge in [-0.15, -0.1) is 0 Å². The fourth-order valence-electron chi connectivity index (χ4n) is 2.90. The summed E-state index contributed by atoms with van der Waals surface area (Å²) >= 11 is 0.